The molecule has 1 aromatic rings. The Hall–Kier alpha value is -1.63. The average molecular weight is 263 g/mol. The zero-order chi connectivity index (χ0) is 13.8. The molecule has 1 aromatic carbocycles. The highest BCUT2D eigenvalue weighted by molar-refractivity contribution is 5.40. The van der Waals surface area contributed by atoms with Crippen molar-refractivity contribution in [3.8, 4) is 0 Å². The summed E-state index contributed by atoms with van der Waals surface area (Å²) < 4.78 is 42.7. The molecule has 0 atom stereocenters. The number of non-ortho nitro benzene ring substituents is 1. The molecule has 0 spiro atoms. The van der Waals surface area contributed by atoms with Gasteiger partial charge in [-0.25, -0.2) is 0 Å². The maximum Gasteiger partial charge on any atom is 0.416 e. The van der Waals surface area contributed by atoms with Gasteiger partial charge in [0.2, 0.25) is 0 Å². The highest BCUT2D eigenvalue weighted by Gasteiger charge is 2.32. The fraction of sp³-hybridized carbons (Fsp3) is 0.455. The molecule has 0 amide bonds. The molecular formula is C11H12F3NO3. The second-order valence-corrected chi connectivity index (χ2v) is 3.70. The summed E-state index contributed by atoms with van der Waals surface area (Å²) in [4.78, 5) is 9.71. The quantitative estimate of drug-likeness (QED) is 0.464. The van der Waals surface area contributed by atoms with Crippen LogP contribution >= 0.6 is 0 Å². The van der Waals surface area contributed by atoms with E-state index in [1.807, 2.05) is 6.92 Å². The smallest absolute Gasteiger partial charge is 0.377 e. The van der Waals surface area contributed by atoms with E-state index in [9.17, 15) is 23.3 Å². The van der Waals surface area contributed by atoms with Crippen molar-refractivity contribution in [2.45, 2.75) is 26.1 Å². The van der Waals surface area contributed by atoms with Gasteiger partial charge in [0.1, 0.15) is 0 Å². The van der Waals surface area contributed by atoms with Crippen LogP contribution in [0.3, 0.4) is 0 Å². The molecule has 0 heterocycles. The van der Waals surface area contributed by atoms with Gasteiger partial charge in [0.25, 0.3) is 5.69 Å². The fourth-order valence-corrected chi connectivity index (χ4v) is 1.36. The standard InChI is InChI=1S/C11H12F3NO3/c1-2-3-18-7-8-4-9(11(12,13)14)6-10(5-8)15(16)17/h4-6H,2-3,7H2,1H3. The second-order valence-electron chi connectivity index (χ2n) is 3.70. The van der Waals surface area contributed by atoms with E-state index >= 15 is 0 Å². The molecule has 0 saturated heterocycles. The third kappa shape index (κ3) is 3.99. The molecule has 18 heavy (non-hydrogen) atoms. The molecule has 0 bridgehead atoms. The highest BCUT2D eigenvalue weighted by Crippen LogP contribution is 2.32. The van der Waals surface area contributed by atoms with E-state index in [1.54, 1.807) is 0 Å². The van der Waals surface area contributed by atoms with Gasteiger partial charge >= 0.3 is 6.18 Å². The Kier molecular flexibility index (Phi) is 4.66. The lowest BCUT2D eigenvalue weighted by molar-refractivity contribution is -0.385. The summed E-state index contributed by atoms with van der Waals surface area (Å²) in [5.74, 6) is 0. The average Bonchev–Trinajstić information content (AvgIpc) is 2.28. The first-order valence-corrected chi connectivity index (χ1v) is 5.28. The van der Waals surface area contributed by atoms with E-state index in [1.165, 1.54) is 0 Å². The number of halogens is 3. The Morgan fingerprint density at radius 2 is 2.00 bits per heavy atom. The van der Waals surface area contributed by atoms with Gasteiger partial charge in [-0.15, -0.1) is 0 Å². The lowest BCUT2D eigenvalue weighted by atomic mass is 10.1. The zero-order valence-electron chi connectivity index (χ0n) is 9.66. The van der Waals surface area contributed by atoms with Crippen molar-refractivity contribution in [2.24, 2.45) is 0 Å². The third-order valence-electron chi connectivity index (χ3n) is 2.13. The minimum atomic E-state index is -4.61. The molecule has 7 heteroatoms. The van der Waals surface area contributed by atoms with Crippen molar-refractivity contribution >= 4 is 5.69 Å². The van der Waals surface area contributed by atoms with Crippen molar-refractivity contribution in [1.82, 2.24) is 0 Å². The second kappa shape index (κ2) is 5.81. The number of ether oxygens (including phenoxy) is 1. The first kappa shape index (κ1) is 14.4. The normalized spacial score (nSPS) is 11.6. The number of benzene rings is 1. The number of hydrogen-bond donors (Lipinski definition) is 0. The number of nitro benzene ring substituents is 1. The third-order valence-corrected chi connectivity index (χ3v) is 2.13. The summed E-state index contributed by atoms with van der Waals surface area (Å²) in [5.41, 5.74) is -1.48. The molecule has 0 aromatic heterocycles. The molecule has 0 aliphatic heterocycles. The van der Waals surface area contributed by atoms with Crippen LogP contribution in [0.4, 0.5) is 18.9 Å². The zero-order valence-corrected chi connectivity index (χ0v) is 9.66. The Morgan fingerprint density at radius 1 is 1.33 bits per heavy atom. The van der Waals surface area contributed by atoms with E-state index in [0.717, 1.165) is 18.6 Å². The van der Waals surface area contributed by atoms with Crippen LogP contribution in [-0.2, 0) is 17.5 Å². The van der Waals surface area contributed by atoms with Gasteiger partial charge in [-0.1, -0.05) is 6.92 Å². The Balaban J connectivity index is 3.03. The van der Waals surface area contributed by atoms with E-state index < -0.39 is 22.4 Å². The van der Waals surface area contributed by atoms with Gasteiger partial charge in [0.05, 0.1) is 17.1 Å². The van der Waals surface area contributed by atoms with Crippen molar-refractivity contribution in [2.75, 3.05) is 6.61 Å². The first-order chi connectivity index (χ1) is 8.34. The van der Waals surface area contributed by atoms with Crippen molar-refractivity contribution in [3.63, 3.8) is 0 Å². The van der Waals surface area contributed by atoms with Crippen LogP contribution < -0.4 is 0 Å². The van der Waals surface area contributed by atoms with Crippen LogP contribution in [-0.4, -0.2) is 11.5 Å². The fourth-order valence-electron chi connectivity index (χ4n) is 1.36. The maximum absolute atomic E-state index is 12.5. The van der Waals surface area contributed by atoms with Crippen LogP contribution in [0.15, 0.2) is 18.2 Å². The number of nitrogens with zero attached hydrogens (tertiary/aromatic N) is 1. The maximum atomic E-state index is 12.5. The Labute approximate surface area is 102 Å². The predicted octanol–water partition coefficient (Wildman–Crippen LogP) is 3.54. The van der Waals surface area contributed by atoms with Crippen LogP contribution in [0, 0.1) is 10.1 Å². The minimum absolute atomic E-state index is 0.0708. The Bertz CT molecular complexity index is 432. The molecule has 0 N–H and O–H groups in total. The van der Waals surface area contributed by atoms with Gasteiger partial charge in [-0.3, -0.25) is 10.1 Å². The van der Waals surface area contributed by atoms with Gasteiger partial charge in [0.15, 0.2) is 0 Å². The van der Waals surface area contributed by atoms with Crippen molar-refractivity contribution in [1.29, 1.82) is 0 Å². The van der Waals surface area contributed by atoms with Crippen molar-refractivity contribution in [3.05, 3.63) is 39.4 Å². The van der Waals surface area contributed by atoms with Crippen LogP contribution in [0.25, 0.3) is 0 Å². The van der Waals surface area contributed by atoms with Gasteiger partial charge in [-0.05, 0) is 18.1 Å². The Morgan fingerprint density at radius 3 is 2.50 bits per heavy atom. The lowest BCUT2D eigenvalue weighted by Crippen LogP contribution is -2.07. The number of nitro groups is 1. The molecule has 100 valence electrons. The summed E-state index contributed by atoms with van der Waals surface area (Å²) in [6.07, 6.45) is -3.88. The summed E-state index contributed by atoms with van der Waals surface area (Å²) in [6.45, 7) is 2.18. The van der Waals surface area contributed by atoms with Crippen LogP contribution in [0.5, 0.6) is 0 Å². The molecule has 4 nitrogen and oxygen atoms in total. The monoisotopic (exact) mass is 263 g/mol. The van der Waals surface area contributed by atoms with Gasteiger partial charge < -0.3 is 4.74 Å². The molecule has 0 radical (unpaired) electrons. The molecule has 0 unspecified atom stereocenters. The van der Waals surface area contributed by atoms with Gasteiger partial charge in [0, 0.05) is 18.7 Å². The van der Waals surface area contributed by atoms with E-state index in [0.29, 0.717) is 12.7 Å². The SMILES string of the molecule is CCCOCc1cc([N+](=O)[O-])cc(C(F)(F)F)c1. The summed E-state index contributed by atoms with van der Waals surface area (Å²) in [6, 6.07) is 2.47. The minimum Gasteiger partial charge on any atom is -0.377 e. The molecular weight excluding hydrogens is 251 g/mol. The number of rotatable bonds is 5. The topological polar surface area (TPSA) is 52.4 Å². The van der Waals surface area contributed by atoms with E-state index in [2.05, 4.69) is 0 Å². The number of alkyl halides is 3. The number of hydrogen-bond acceptors (Lipinski definition) is 3. The summed E-state index contributed by atoms with van der Waals surface area (Å²) in [5, 5.41) is 10.6. The van der Waals surface area contributed by atoms with Crippen molar-refractivity contribution < 1.29 is 22.8 Å². The van der Waals surface area contributed by atoms with Crippen LogP contribution in [0.1, 0.15) is 24.5 Å². The molecule has 0 saturated carbocycles. The van der Waals surface area contributed by atoms with Crippen LogP contribution in [0.2, 0.25) is 0 Å². The largest absolute Gasteiger partial charge is 0.416 e. The first-order valence-electron chi connectivity index (χ1n) is 5.28. The van der Waals surface area contributed by atoms with Gasteiger partial charge in [-0.2, -0.15) is 13.2 Å². The summed E-state index contributed by atoms with van der Waals surface area (Å²) in [7, 11) is 0. The highest BCUT2D eigenvalue weighted by atomic mass is 19.4. The summed E-state index contributed by atoms with van der Waals surface area (Å²) >= 11 is 0. The molecule has 0 aliphatic rings. The lowest BCUT2D eigenvalue weighted by Gasteiger charge is -2.09. The molecule has 0 fully saturated rings. The van der Waals surface area contributed by atoms with E-state index in [-0.39, 0.29) is 12.2 Å². The predicted molar refractivity (Wildman–Crippen MR) is 58.0 cm³/mol. The van der Waals surface area contributed by atoms with E-state index in [4.69, 9.17) is 4.74 Å². The molecule has 0 aliphatic carbocycles. The molecule has 1 rings (SSSR count).